The van der Waals surface area contributed by atoms with Crippen molar-refractivity contribution in [3.8, 4) is 0 Å². The number of hydrogen-bond acceptors (Lipinski definition) is 6. The molecule has 1 amide bonds. The fraction of sp³-hybridized carbons (Fsp3) is 0.400. The van der Waals surface area contributed by atoms with E-state index in [2.05, 4.69) is 32.0 Å². The highest BCUT2D eigenvalue weighted by Crippen LogP contribution is 2.23. The molecule has 2 aromatic heterocycles. The van der Waals surface area contributed by atoms with E-state index in [1.807, 2.05) is 23.1 Å². The summed E-state index contributed by atoms with van der Waals surface area (Å²) >= 11 is 1.76. The molecular formula is C20H23N5OS. The highest BCUT2D eigenvalue weighted by Gasteiger charge is 2.21. The summed E-state index contributed by atoms with van der Waals surface area (Å²) in [5.74, 6) is 1.01. The van der Waals surface area contributed by atoms with Gasteiger partial charge in [0.25, 0.3) is 0 Å². The number of piperazine rings is 1. The van der Waals surface area contributed by atoms with Crippen molar-refractivity contribution in [3.05, 3.63) is 47.7 Å². The van der Waals surface area contributed by atoms with Gasteiger partial charge >= 0.3 is 0 Å². The van der Waals surface area contributed by atoms with Gasteiger partial charge in [-0.15, -0.1) is 11.3 Å². The summed E-state index contributed by atoms with van der Waals surface area (Å²) < 4.78 is 1.24. The van der Waals surface area contributed by atoms with Gasteiger partial charge in [0, 0.05) is 45.0 Å². The summed E-state index contributed by atoms with van der Waals surface area (Å²) in [4.78, 5) is 29.8. The molecule has 1 saturated heterocycles. The second-order valence-corrected chi connectivity index (χ2v) is 7.81. The highest BCUT2D eigenvalue weighted by molar-refractivity contribution is 7.18. The van der Waals surface area contributed by atoms with Crippen molar-refractivity contribution in [1.29, 1.82) is 0 Å². The first-order valence-electron chi connectivity index (χ1n) is 9.44. The van der Waals surface area contributed by atoms with Gasteiger partial charge < -0.3 is 9.80 Å². The second kappa shape index (κ2) is 8.43. The predicted octanol–water partition coefficient (Wildman–Crippen LogP) is 3.15. The third-order valence-electron chi connectivity index (χ3n) is 4.84. The number of benzene rings is 1. The molecule has 7 heteroatoms. The average Bonchev–Trinajstić information content (AvgIpc) is 3.15. The Balaban J connectivity index is 1.19. The highest BCUT2D eigenvalue weighted by atomic mass is 32.1. The quantitative estimate of drug-likeness (QED) is 0.614. The van der Waals surface area contributed by atoms with E-state index in [-0.39, 0.29) is 5.91 Å². The standard InChI is InChI=1S/C20H23N5OS/c26-19(24-12-14-25(15-13-24)20-21-10-5-11-22-20)9-4-3-8-18-23-16-6-1-2-7-17(16)27-18/h1-2,5-7,10-11H,3-4,8-9,12-15H2. The number of amides is 1. The zero-order valence-corrected chi connectivity index (χ0v) is 16.1. The molecule has 1 aliphatic heterocycles. The van der Waals surface area contributed by atoms with Gasteiger partial charge in [0.2, 0.25) is 11.9 Å². The van der Waals surface area contributed by atoms with Crippen molar-refractivity contribution < 1.29 is 4.79 Å². The van der Waals surface area contributed by atoms with Crippen LogP contribution in [0.3, 0.4) is 0 Å². The molecule has 0 spiro atoms. The van der Waals surface area contributed by atoms with Crippen LogP contribution in [0.15, 0.2) is 42.7 Å². The normalized spacial score (nSPS) is 14.7. The van der Waals surface area contributed by atoms with Crippen LogP contribution in [0, 0.1) is 0 Å². The Kier molecular flexibility index (Phi) is 5.58. The zero-order chi connectivity index (χ0) is 18.5. The summed E-state index contributed by atoms with van der Waals surface area (Å²) in [6.45, 7) is 3.08. The number of rotatable bonds is 6. The Bertz CT molecular complexity index is 857. The molecule has 3 heterocycles. The molecular weight excluding hydrogens is 358 g/mol. The van der Waals surface area contributed by atoms with Crippen molar-refractivity contribution in [2.75, 3.05) is 31.1 Å². The summed E-state index contributed by atoms with van der Waals surface area (Å²) in [6.07, 6.45) is 7.00. The first-order valence-corrected chi connectivity index (χ1v) is 10.3. The lowest BCUT2D eigenvalue weighted by Gasteiger charge is -2.34. The molecule has 6 nitrogen and oxygen atoms in total. The minimum Gasteiger partial charge on any atom is -0.339 e. The van der Waals surface area contributed by atoms with E-state index >= 15 is 0 Å². The Morgan fingerprint density at radius 1 is 1.00 bits per heavy atom. The molecule has 3 aromatic rings. The molecule has 4 rings (SSSR count). The van der Waals surface area contributed by atoms with Crippen molar-refractivity contribution in [2.45, 2.75) is 25.7 Å². The zero-order valence-electron chi connectivity index (χ0n) is 15.3. The first kappa shape index (κ1) is 17.9. The molecule has 1 aromatic carbocycles. The lowest BCUT2D eigenvalue weighted by atomic mass is 10.1. The molecule has 140 valence electrons. The lowest BCUT2D eigenvalue weighted by Crippen LogP contribution is -2.49. The summed E-state index contributed by atoms with van der Waals surface area (Å²) in [5.41, 5.74) is 1.08. The Hall–Kier alpha value is -2.54. The minimum atomic E-state index is 0.257. The number of hydrogen-bond donors (Lipinski definition) is 0. The number of anilines is 1. The number of unbranched alkanes of at least 4 members (excludes halogenated alkanes) is 1. The monoisotopic (exact) mass is 381 g/mol. The number of carbonyl (C=O) groups is 1. The van der Waals surface area contributed by atoms with Gasteiger partial charge in [0.1, 0.15) is 0 Å². The van der Waals surface area contributed by atoms with E-state index in [1.54, 1.807) is 23.7 Å². The molecule has 27 heavy (non-hydrogen) atoms. The second-order valence-electron chi connectivity index (χ2n) is 6.70. The molecule has 0 radical (unpaired) electrons. The number of aryl methyl sites for hydroxylation is 1. The van der Waals surface area contributed by atoms with Crippen molar-refractivity contribution >= 4 is 33.4 Å². The third kappa shape index (κ3) is 4.42. The van der Waals surface area contributed by atoms with Gasteiger partial charge in [-0.25, -0.2) is 15.0 Å². The predicted molar refractivity (Wildman–Crippen MR) is 108 cm³/mol. The van der Waals surface area contributed by atoms with Crippen LogP contribution in [0.25, 0.3) is 10.2 Å². The molecule has 1 fully saturated rings. The third-order valence-corrected chi connectivity index (χ3v) is 5.93. The summed E-state index contributed by atoms with van der Waals surface area (Å²) in [7, 11) is 0. The number of thiazole rings is 1. The van der Waals surface area contributed by atoms with E-state index < -0.39 is 0 Å². The number of nitrogens with zero attached hydrogens (tertiary/aromatic N) is 5. The van der Waals surface area contributed by atoms with Crippen LogP contribution < -0.4 is 4.90 Å². The van der Waals surface area contributed by atoms with Crippen LogP contribution >= 0.6 is 11.3 Å². The van der Waals surface area contributed by atoms with Gasteiger partial charge in [0.05, 0.1) is 15.2 Å². The molecule has 0 saturated carbocycles. The lowest BCUT2D eigenvalue weighted by molar-refractivity contribution is -0.131. The van der Waals surface area contributed by atoms with Crippen molar-refractivity contribution in [2.24, 2.45) is 0 Å². The van der Waals surface area contributed by atoms with Gasteiger partial charge in [-0.1, -0.05) is 12.1 Å². The smallest absolute Gasteiger partial charge is 0.225 e. The molecule has 0 bridgehead atoms. The number of aromatic nitrogens is 3. The molecule has 0 atom stereocenters. The van der Waals surface area contributed by atoms with Gasteiger partial charge in [-0.05, 0) is 37.5 Å². The van der Waals surface area contributed by atoms with Gasteiger partial charge in [-0.3, -0.25) is 4.79 Å². The van der Waals surface area contributed by atoms with E-state index in [0.717, 1.165) is 56.9 Å². The van der Waals surface area contributed by atoms with Crippen molar-refractivity contribution in [3.63, 3.8) is 0 Å². The topological polar surface area (TPSA) is 62.2 Å². The SMILES string of the molecule is O=C(CCCCc1nc2ccccc2s1)N1CCN(c2ncccn2)CC1. The Morgan fingerprint density at radius 3 is 2.56 bits per heavy atom. The number of para-hydroxylation sites is 1. The van der Waals surface area contributed by atoms with Crippen LogP contribution in [-0.2, 0) is 11.2 Å². The van der Waals surface area contributed by atoms with E-state index in [0.29, 0.717) is 6.42 Å². The van der Waals surface area contributed by atoms with Crippen LogP contribution in [-0.4, -0.2) is 51.9 Å². The van der Waals surface area contributed by atoms with Gasteiger partial charge in [0.15, 0.2) is 0 Å². The van der Waals surface area contributed by atoms with Crippen LogP contribution in [0.2, 0.25) is 0 Å². The number of fused-ring (bicyclic) bond motifs is 1. The Labute approximate surface area is 162 Å². The molecule has 0 unspecified atom stereocenters. The van der Waals surface area contributed by atoms with E-state index in [9.17, 15) is 4.79 Å². The average molecular weight is 382 g/mol. The van der Waals surface area contributed by atoms with Gasteiger partial charge in [-0.2, -0.15) is 0 Å². The minimum absolute atomic E-state index is 0.257. The maximum Gasteiger partial charge on any atom is 0.225 e. The van der Waals surface area contributed by atoms with Crippen LogP contribution in [0.5, 0.6) is 0 Å². The summed E-state index contributed by atoms with van der Waals surface area (Å²) in [5, 5.41) is 1.17. The van der Waals surface area contributed by atoms with E-state index in [4.69, 9.17) is 0 Å². The van der Waals surface area contributed by atoms with E-state index in [1.165, 1.54) is 9.71 Å². The van der Waals surface area contributed by atoms with Crippen molar-refractivity contribution in [1.82, 2.24) is 19.9 Å². The molecule has 0 N–H and O–H groups in total. The summed E-state index contributed by atoms with van der Waals surface area (Å²) in [6, 6.07) is 10.1. The fourth-order valence-corrected chi connectivity index (χ4v) is 4.36. The molecule has 1 aliphatic rings. The molecule has 0 aliphatic carbocycles. The van der Waals surface area contributed by atoms with Crippen LogP contribution in [0.1, 0.15) is 24.3 Å². The number of carbonyl (C=O) groups excluding carboxylic acids is 1. The Morgan fingerprint density at radius 2 is 1.78 bits per heavy atom. The maximum atomic E-state index is 12.5. The largest absolute Gasteiger partial charge is 0.339 e. The maximum absolute atomic E-state index is 12.5. The first-order chi connectivity index (χ1) is 13.3. The van der Waals surface area contributed by atoms with Crippen LogP contribution in [0.4, 0.5) is 5.95 Å². The fourth-order valence-electron chi connectivity index (χ4n) is 3.35.